The normalized spacial score (nSPS) is 11.8. The van der Waals surface area contributed by atoms with Crippen molar-refractivity contribution < 1.29 is 28.5 Å². The molecule has 1 amide bonds. The van der Waals surface area contributed by atoms with Crippen LogP contribution in [0.4, 0.5) is 0 Å². The van der Waals surface area contributed by atoms with E-state index in [-0.39, 0.29) is 17.4 Å². The zero-order chi connectivity index (χ0) is 28.3. The van der Waals surface area contributed by atoms with Crippen molar-refractivity contribution in [1.82, 2.24) is 10.6 Å². The van der Waals surface area contributed by atoms with Crippen molar-refractivity contribution in [1.29, 1.82) is 0 Å². The summed E-state index contributed by atoms with van der Waals surface area (Å²) in [7, 11) is 5.28. The van der Waals surface area contributed by atoms with Crippen LogP contribution in [0.5, 0.6) is 0 Å². The molecule has 0 aliphatic heterocycles. The third-order valence-corrected chi connectivity index (χ3v) is 7.37. The number of nitrogens with one attached hydrogen (secondary N) is 2. The summed E-state index contributed by atoms with van der Waals surface area (Å²) in [6, 6.07) is 8.09. The summed E-state index contributed by atoms with van der Waals surface area (Å²) >= 11 is 0. The van der Waals surface area contributed by atoms with Crippen molar-refractivity contribution in [2.24, 2.45) is 0 Å². The quantitative estimate of drug-likeness (QED) is 0.101. The number of carbonyl (C=O) groups excluding carboxylic acids is 1. The lowest BCUT2D eigenvalue weighted by atomic mass is 10.1. The monoisotopic (exact) mass is 576 g/mol. The van der Waals surface area contributed by atoms with Gasteiger partial charge in [0.1, 0.15) is 5.44 Å². The van der Waals surface area contributed by atoms with Crippen LogP contribution in [0.15, 0.2) is 29.2 Å². The summed E-state index contributed by atoms with van der Waals surface area (Å²) in [6.45, 7) is 16.3. The van der Waals surface area contributed by atoms with Gasteiger partial charge in [0.2, 0.25) is 5.91 Å². The van der Waals surface area contributed by atoms with Gasteiger partial charge in [-0.1, -0.05) is 47.6 Å². The maximum absolute atomic E-state index is 12.2. The van der Waals surface area contributed by atoms with Gasteiger partial charge in [0.25, 0.3) is 0 Å². The Hall–Kier alpha value is -0.850. The molecule has 10 heteroatoms. The molecular formula is C28H52N2O6S2. The zero-order valence-corrected chi connectivity index (χ0v) is 26.1. The summed E-state index contributed by atoms with van der Waals surface area (Å²) in [6.07, 6.45) is 2.67. The number of amides is 1. The number of rotatable bonds is 24. The van der Waals surface area contributed by atoms with Gasteiger partial charge in [-0.3, -0.25) is 4.79 Å². The van der Waals surface area contributed by atoms with Gasteiger partial charge in [-0.2, -0.15) is 0 Å². The molecule has 0 aliphatic rings. The Kier molecular flexibility index (Phi) is 27.1. The maximum atomic E-state index is 12.2. The van der Waals surface area contributed by atoms with Gasteiger partial charge in [0, 0.05) is 31.2 Å². The molecule has 1 aromatic rings. The van der Waals surface area contributed by atoms with Crippen LogP contribution < -0.4 is 10.6 Å². The third kappa shape index (κ3) is 24.2. The van der Waals surface area contributed by atoms with Crippen molar-refractivity contribution in [2.75, 3.05) is 73.0 Å². The minimum atomic E-state index is -0.0100. The Morgan fingerprint density at radius 2 is 1.34 bits per heavy atom. The topological polar surface area (TPSA) is 87.3 Å². The molecule has 1 atom stereocenters. The highest BCUT2D eigenvalue weighted by Crippen LogP contribution is 2.34. The highest BCUT2D eigenvalue weighted by molar-refractivity contribution is 8.76. The molecule has 1 rings (SSSR count). The molecule has 0 heterocycles. The van der Waals surface area contributed by atoms with E-state index in [0.717, 1.165) is 43.1 Å². The molecule has 38 heavy (non-hydrogen) atoms. The van der Waals surface area contributed by atoms with E-state index >= 15 is 0 Å². The van der Waals surface area contributed by atoms with E-state index in [9.17, 15) is 4.79 Å². The van der Waals surface area contributed by atoms with Crippen molar-refractivity contribution >= 4 is 27.5 Å². The fraction of sp³-hybridized carbons (Fsp3) is 0.750. The van der Waals surface area contributed by atoms with Crippen LogP contribution in [0.1, 0.15) is 53.0 Å². The van der Waals surface area contributed by atoms with Gasteiger partial charge in [-0.15, -0.1) is 0 Å². The molecule has 0 fully saturated rings. The van der Waals surface area contributed by atoms with Crippen molar-refractivity contribution in [3.63, 3.8) is 0 Å². The molecule has 0 spiro atoms. The van der Waals surface area contributed by atoms with E-state index < -0.39 is 0 Å². The van der Waals surface area contributed by atoms with Crippen LogP contribution in [0.3, 0.4) is 0 Å². The average Bonchev–Trinajstić information content (AvgIpc) is 2.92. The number of ether oxygens (including phenoxy) is 5. The average molecular weight is 577 g/mol. The van der Waals surface area contributed by atoms with E-state index in [1.165, 1.54) is 0 Å². The van der Waals surface area contributed by atoms with Gasteiger partial charge < -0.3 is 34.3 Å². The van der Waals surface area contributed by atoms with Crippen LogP contribution in [-0.4, -0.2) is 90.4 Å². The van der Waals surface area contributed by atoms with E-state index in [0.29, 0.717) is 52.6 Å². The second-order valence-corrected chi connectivity index (χ2v) is 10.9. The highest BCUT2D eigenvalue weighted by atomic mass is 33.1. The van der Waals surface area contributed by atoms with Crippen molar-refractivity contribution in [3.8, 4) is 0 Å². The second-order valence-electron chi connectivity index (χ2n) is 8.36. The van der Waals surface area contributed by atoms with Crippen LogP contribution in [0, 0.1) is 0 Å². The molecule has 0 bridgehead atoms. The standard InChI is InChI=1S/C26H46N2O6S2.C2H6/c1-22(2)33-13-5-6-14-34-23(3)35-36-25-9-7-24(8-10-25)21-26(29)28-12-16-31-18-20-32-19-17-30-15-11-27-4;1-2/h7-10,22-23,27H,5-6,11-21H2,1-4H3,(H,28,29);1-2H3. The summed E-state index contributed by atoms with van der Waals surface area (Å²) < 4.78 is 27.7. The van der Waals surface area contributed by atoms with Gasteiger partial charge >= 0.3 is 0 Å². The van der Waals surface area contributed by atoms with Gasteiger partial charge in [0.15, 0.2) is 0 Å². The third-order valence-electron chi connectivity index (χ3n) is 4.72. The van der Waals surface area contributed by atoms with Gasteiger partial charge in [0.05, 0.1) is 52.2 Å². The number of hydrogen-bond donors (Lipinski definition) is 2. The van der Waals surface area contributed by atoms with Crippen molar-refractivity contribution in [2.45, 2.75) is 70.3 Å². The minimum Gasteiger partial charge on any atom is -0.379 e. The molecule has 0 saturated carbocycles. The first-order valence-corrected chi connectivity index (χ1v) is 16.0. The Balaban J connectivity index is 0.00000667. The lowest BCUT2D eigenvalue weighted by molar-refractivity contribution is -0.120. The summed E-state index contributed by atoms with van der Waals surface area (Å²) in [5.41, 5.74) is 1.10. The van der Waals surface area contributed by atoms with E-state index in [1.807, 2.05) is 45.2 Å². The SMILES string of the molecule is CC.CNCCOCCOCCOCCNC(=O)Cc1ccc(SSC(C)OCCCCOC(C)C)cc1. The molecule has 0 saturated heterocycles. The van der Waals surface area contributed by atoms with E-state index in [2.05, 4.69) is 31.4 Å². The van der Waals surface area contributed by atoms with Gasteiger partial charge in [-0.25, -0.2) is 0 Å². The fourth-order valence-corrected chi connectivity index (χ4v) is 4.70. The lowest BCUT2D eigenvalue weighted by Gasteiger charge is -2.12. The summed E-state index contributed by atoms with van der Waals surface area (Å²) in [5.74, 6) is -0.0100. The zero-order valence-electron chi connectivity index (χ0n) is 24.4. The van der Waals surface area contributed by atoms with Crippen molar-refractivity contribution in [3.05, 3.63) is 29.8 Å². The van der Waals surface area contributed by atoms with Crippen LogP contribution in [0.25, 0.3) is 0 Å². The van der Waals surface area contributed by atoms with E-state index in [4.69, 9.17) is 23.7 Å². The fourth-order valence-electron chi connectivity index (χ4n) is 2.81. The predicted octanol–water partition coefficient (Wildman–Crippen LogP) is 4.95. The number of likely N-dealkylation sites (N-methyl/N-ethyl adjacent to an activating group) is 1. The first-order valence-electron chi connectivity index (χ1n) is 13.8. The molecule has 0 radical (unpaired) electrons. The number of benzene rings is 1. The lowest BCUT2D eigenvalue weighted by Crippen LogP contribution is -2.29. The maximum Gasteiger partial charge on any atom is 0.224 e. The van der Waals surface area contributed by atoms with Crippen LogP contribution in [0.2, 0.25) is 0 Å². The van der Waals surface area contributed by atoms with Crippen LogP contribution >= 0.6 is 21.6 Å². The number of hydrogen-bond acceptors (Lipinski definition) is 9. The Morgan fingerprint density at radius 3 is 1.92 bits per heavy atom. The minimum absolute atomic E-state index is 0.0100. The second kappa shape index (κ2) is 27.7. The molecule has 1 unspecified atom stereocenters. The molecular weight excluding hydrogens is 524 g/mol. The largest absolute Gasteiger partial charge is 0.379 e. The van der Waals surface area contributed by atoms with E-state index in [1.54, 1.807) is 21.6 Å². The number of unbranched alkanes of at least 4 members (excludes halogenated alkanes) is 1. The molecule has 1 aromatic carbocycles. The Labute approximate surface area is 239 Å². The van der Waals surface area contributed by atoms with Gasteiger partial charge in [-0.05, 0) is 58.4 Å². The molecule has 8 nitrogen and oxygen atoms in total. The highest BCUT2D eigenvalue weighted by Gasteiger charge is 2.07. The first-order chi connectivity index (χ1) is 18.5. The smallest absolute Gasteiger partial charge is 0.224 e. The Morgan fingerprint density at radius 1 is 0.789 bits per heavy atom. The van der Waals surface area contributed by atoms with Crippen LogP contribution in [-0.2, 0) is 34.9 Å². The summed E-state index contributed by atoms with van der Waals surface area (Å²) in [4.78, 5) is 13.3. The molecule has 0 aromatic heterocycles. The molecule has 2 N–H and O–H groups in total. The molecule has 222 valence electrons. The predicted molar refractivity (Wildman–Crippen MR) is 160 cm³/mol. The Bertz CT molecular complexity index is 653. The first kappa shape index (κ1) is 37.1. The number of carbonyl (C=O) groups is 1. The summed E-state index contributed by atoms with van der Waals surface area (Å²) in [5, 5.41) is 5.91. The molecule has 0 aliphatic carbocycles.